The lowest BCUT2D eigenvalue weighted by molar-refractivity contribution is 0.0710. The van der Waals surface area contributed by atoms with Crippen LogP contribution in [0.5, 0.6) is 0 Å². The number of benzene rings is 1. The molecule has 0 bridgehead atoms. The minimum atomic E-state index is 0.0583. The molecule has 3 rings (SSSR count). The minimum absolute atomic E-state index is 0.0583. The summed E-state index contributed by atoms with van der Waals surface area (Å²) in [5.41, 5.74) is 8.41. The van der Waals surface area contributed by atoms with E-state index in [4.69, 9.17) is 5.73 Å². The minimum Gasteiger partial charge on any atom is -0.337 e. The third kappa shape index (κ3) is 2.94. The van der Waals surface area contributed by atoms with Crippen LogP contribution in [0.3, 0.4) is 0 Å². The first-order valence-electron chi connectivity index (χ1n) is 7.16. The van der Waals surface area contributed by atoms with Crippen LogP contribution in [0.2, 0.25) is 0 Å². The first kappa shape index (κ1) is 14.5. The van der Waals surface area contributed by atoms with Gasteiger partial charge in [0.05, 0.1) is 11.1 Å². The number of nitrogens with two attached hydrogens (primary N) is 1. The Balaban J connectivity index is 2.04. The number of amides is 1. The van der Waals surface area contributed by atoms with E-state index in [0.717, 1.165) is 46.0 Å². The normalized spacial score (nSPS) is 19.0. The third-order valence-electron chi connectivity index (χ3n) is 3.88. The molecule has 1 aliphatic rings. The van der Waals surface area contributed by atoms with Crippen molar-refractivity contribution >= 4 is 32.7 Å². The van der Waals surface area contributed by atoms with E-state index < -0.39 is 0 Å². The quantitative estimate of drug-likeness (QED) is 0.862. The molecule has 1 aliphatic heterocycles. The summed E-state index contributed by atoms with van der Waals surface area (Å²) in [5, 5.41) is 0.896. The molecule has 0 spiro atoms. The van der Waals surface area contributed by atoms with Crippen molar-refractivity contribution in [3.05, 3.63) is 40.0 Å². The summed E-state index contributed by atoms with van der Waals surface area (Å²) in [6.07, 6.45) is 1.97. The first-order chi connectivity index (χ1) is 10.0. The van der Waals surface area contributed by atoms with E-state index in [1.807, 2.05) is 36.1 Å². The highest BCUT2D eigenvalue weighted by Crippen LogP contribution is 2.24. The van der Waals surface area contributed by atoms with Gasteiger partial charge in [0.2, 0.25) is 0 Å². The predicted octanol–water partition coefficient (Wildman–Crippen LogP) is 2.87. The fourth-order valence-electron chi connectivity index (χ4n) is 2.88. The number of halogens is 1. The number of rotatable bonds is 1. The molecule has 1 aromatic heterocycles. The summed E-state index contributed by atoms with van der Waals surface area (Å²) in [4.78, 5) is 19.2. The zero-order valence-electron chi connectivity index (χ0n) is 12.0. The summed E-state index contributed by atoms with van der Waals surface area (Å²) in [7, 11) is 0. The number of pyridine rings is 1. The average Bonchev–Trinajstić information content (AvgIpc) is 2.45. The molecule has 2 aromatic rings. The van der Waals surface area contributed by atoms with Gasteiger partial charge < -0.3 is 10.6 Å². The van der Waals surface area contributed by atoms with Crippen LogP contribution in [0.25, 0.3) is 10.9 Å². The van der Waals surface area contributed by atoms with Gasteiger partial charge in [0.1, 0.15) is 0 Å². The van der Waals surface area contributed by atoms with Crippen molar-refractivity contribution in [3.8, 4) is 0 Å². The molecule has 110 valence electrons. The molecule has 5 heteroatoms. The van der Waals surface area contributed by atoms with Crippen LogP contribution in [0, 0.1) is 6.92 Å². The summed E-state index contributed by atoms with van der Waals surface area (Å²) < 4.78 is 0.964. The standard InChI is InChI=1S/C16H18BrN3O/c1-10-7-14(13-5-4-11(17)8-15(13)19-10)16(21)20-6-2-3-12(18)9-20/h4-5,7-8,12H,2-3,6,9,18H2,1H3/t12-/m0/s1. The smallest absolute Gasteiger partial charge is 0.254 e. The van der Waals surface area contributed by atoms with E-state index in [1.165, 1.54) is 0 Å². The van der Waals surface area contributed by atoms with E-state index in [-0.39, 0.29) is 11.9 Å². The van der Waals surface area contributed by atoms with Crippen LogP contribution >= 0.6 is 15.9 Å². The largest absolute Gasteiger partial charge is 0.337 e. The van der Waals surface area contributed by atoms with Gasteiger partial charge in [-0.2, -0.15) is 0 Å². The van der Waals surface area contributed by atoms with Crippen molar-refractivity contribution < 1.29 is 4.79 Å². The highest BCUT2D eigenvalue weighted by molar-refractivity contribution is 9.10. The number of fused-ring (bicyclic) bond motifs is 1. The highest BCUT2D eigenvalue weighted by Gasteiger charge is 2.24. The average molecular weight is 348 g/mol. The Hall–Kier alpha value is -1.46. The van der Waals surface area contributed by atoms with Crippen molar-refractivity contribution in [1.82, 2.24) is 9.88 Å². The van der Waals surface area contributed by atoms with Gasteiger partial charge in [0.25, 0.3) is 5.91 Å². The number of carbonyl (C=O) groups is 1. The molecule has 2 N–H and O–H groups in total. The fourth-order valence-corrected chi connectivity index (χ4v) is 3.22. The summed E-state index contributed by atoms with van der Waals surface area (Å²) >= 11 is 3.45. The molecular weight excluding hydrogens is 330 g/mol. The number of carbonyl (C=O) groups excluding carboxylic acids is 1. The number of hydrogen-bond donors (Lipinski definition) is 1. The molecule has 0 aliphatic carbocycles. The zero-order valence-corrected chi connectivity index (χ0v) is 13.6. The van der Waals surface area contributed by atoms with Crippen LogP contribution < -0.4 is 5.73 Å². The molecule has 1 saturated heterocycles. The van der Waals surface area contributed by atoms with Gasteiger partial charge in [-0.3, -0.25) is 9.78 Å². The summed E-state index contributed by atoms with van der Waals surface area (Å²) in [6, 6.07) is 7.80. The van der Waals surface area contributed by atoms with E-state index in [0.29, 0.717) is 6.54 Å². The van der Waals surface area contributed by atoms with Crippen LogP contribution in [0.15, 0.2) is 28.7 Å². The summed E-state index contributed by atoms with van der Waals surface area (Å²) in [5.74, 6) is 0.0583. The number of aromatic nitrogens is 1. The Morgan fingerprint density at radius 2 is 2.24 bits per heavy atom. The SMILES string of the molecule is Cc1cc(C(=O)N2CCC[C@H](N)C2)c2ccc(Br)cc2n1. The molecule has 2 heterocycles. The molecule has 0 radical (unpaired) electrons. The first-order valence-corrected chi connectivity index (χ1v) is 7.95. The van der Waals surface area contributed by atoms with Gasteiger partial charge >= 0.3 is 0 Å². The van der Waals surface area contributed by atoms with Crippen molar-refractivity contribution in [2.24, 2.45) is 5.73 Å². The highest BCUT2D eigenvalue weighted by atomic mass is 79.9. The molecule has 0 saturated carbocycles. The topological polar surface area (TPSA) is 59.2 Å². The fraction of sp³-hybridized carbons (Fsp3) is 0.375. The van der Waals surface area contributed by atoms with Crippen LogP contribution in [-0.4, -0.2) is 34.9 Å². The molecule has 4 nitrogen and oxygen atoms in total. The van der Waals surface area contributed by atoms with E-state index in [1.54, 1.807) is 0 Å². The lowest BCUT2D eigenvalue weighted by atomic mass is 10.0. The van der Waals surface area contributed by atoms with Gasteiger partial charge in [-0.25, -0.2) is 0 Å². The second-order valence-electron chi connectivity index (χ2n) is 5.63. The Morgan fingerprint density at radius 3 is 3.00 bits per heavy atom. The Bertz CT molecular complexity index is 696. The van der Waals surface area contributed by atoms with E-state index >= 15 is 0 Å². The molecule has 21 heavy (non-hydrogen) atoms. The van der Waals surface area contributed by atoms with Crippen LogP contribution in [0.4, 0.5) is 0 Å². The molecule has 1 fully saturated rings. The van der Waals surface area contributed by atoms with Crippen molar-refractivity contribution in [2.45, 2.75) is 25.8 Å². The Kier molecular flexibility index (Phi) is 3.95. The lowest BCUT2D eigenvalue weighted by Crippen LogP contribution is -2.45. The maximum Gasteiger partial charge on any atom is 0.254 e. The van der Waals surface area contributed by atoms with Crippen LogP contribution in [-0.2, 0) is 0 Å². The molecule has 1 amide bonds. The predicted molar refractivity (Wildman–Crippen MR) is 87.3 cm³/mol. The van der Waals surface area contributed by atoms with Crippen molar-refractivity contribution in [1.29, 1.82) is 0 Å². The number of piperidine rings is 1. The Morgan fingerprint density at radius 1 is 1.43 bits per heavy atom. The lowest BCUT2D eigenvalue weighted by Gasteiger charge is -2.31. The second kappa shape index (κ2) is 5.73. The molecular formula is C16H18BrN3O. The van der Waals surface area contributed by atoms with E-state index in [2.05, 4.69) is 20.9 Å². The number of nitrogens with zero attached hydrogens (tertiary/aromatic N) is 2. The van der Waals surface area contributed by atoms with Gasteiger partial charge in [0, 0.05) is 34.7 Å². The maximum absolute atomic E-state index is 12.8. The Labute approximate surface area is 132 Å². The number of aryl methyl sites for hydroxylation is 1. The second-order valence-corrected chi connectivity index (χ2v) is 6.54. The monoisotopic (exact) mass is 347 g/mol. The molecule has 0 unspecified atom stereocenters. The van der Waals surface area contributed by atoms with E-state index in [9.17, 15) is 4.79 Å². The molecule has 1 atom stereocenters. The number of likely N-dealkylation sites (tertiary alicyclic amines) is 1. The third-order valence-corrected chi connectivity index (χ3v) is 4.37. The van der Waals surface area contributed by atoms with Gasteiger partial charge in [-0.05, 0) is 38.0 Å². The van der Waals surface area contributed by atoms with Crippen LogP contribution in [0.1, 0.15) is 28.9 Å². The van der Waals surface area contributed by atoms with Gasteiger partial charge in [0.15, 0.2) is 0 Å². The van der Waals surface area contributed by atoms with Gasteiger partial charge in [-0.1, -0.05) is 22.0 Å². The zero-order chi connectivity index (χ0) is 15.0. The number of hydrogen-bond acceptors (Lipinski definition) is 3. The maximum atomic E-state index is 12.8. The van der Waals surface area contributed by atoms with Gasteiger partial charge in [-0.15, -0.1) is 0 Å². The van der Waals surface area contributed by atoms with Crippen molar-refractivity contribution in [2.75, 3.05) is 13.1 Å². The summed E-state index contributed by atoms with van der Waals surface area (Å²) in [6.45, 7) is 3.34. The molecule has 1 aromatic carbocycles. The van der Waals surface area contributed by atoms with Crippen molar-refractivity contribution in [3.63, 3.8) is 0 Å².